The fourth-order valence-electron chi connectivity index (χ4n) is 1.84. The van der Waals surface area contributed by atoms with Crippen molar-refractivity contribution in [3.05, 3.63) is 11.4 Å². The van der Waals surface area contributed by atoms with Crippen LogP contribution >= 0.6 is 0 Å². The highest BCUT2D eigenvalue weighted by Gasteiger charge is 2.15. The zero-order valence-electron chi connectivity index (χ0n) is 10.1. The first kappa shape index (κ1) is 11.5. The van der Waals surface area contributed by atoms with Crippen molar-refractivity contribution in [2.75, 3.05) is 19.8 Å². The minimum atomic E-state index is 0.592. The molecular weight excluding hydrogens is 204 g/mol. The van der Waals surface area contributed by atoms with E-state index in [4.69, 9.17) is 4.74 Å². The van der Waals surface area contributed by atoms with Crippen molar-refractivity contribution in [2.45, 2.75) is 33.4 Å². The molecule has 1 aliphatic heterocycles. The number of fused-ring (bicyclic) bond motifs is 1. The Bertz CT molecular complexity index is 335. The molecule has 2 heterocycles. The van der Waals surface area contributed by atoms with E-state index in [0.29, 0.717) is 5.92 Å². The van der Waals surface area contributed by atoms with E-state index in [1.54, 1.807) is 0 Å². The fourth-order valence-corrected chi connectivity index (χ4v) is 1.84. The third-order valence-electron chi connectivity index (χ3n) is 2.65. The summed E-state index contributed by atoms with van der Waals surface area (Å²) in [5.41, 5.74) is 2.36. The lowest BCUT2D eigenvalue weighted by molar-refractivity contribution is 0.1000. The van der Waals surface area contributed by atoms with Crippen LogP contribution in [0.1, 0.15) is 25.2 Å². The molecule has 90 valence electrons. The smallest absolute Gasteiger partial charge is 0.0997 e. The number of nitrogens with zero attached hydrogens (tertiary/aromatic N) is 3. The van der Waals surface area contributed by atoms with Crippen LogP contribution in [-0.2, 0) is 24.2 Å². The van der Waals surface area contributed by atoms with Crippen LogP contribution in [0.2, 0.25) is 0 Å². The minimum Gasteiger partial charge on any atom is -0.379 e. The lowest BCUT2D eigenvalue weighted by atomic mass is 10.2. The van der Waals surface area contributed by atoms with Gasteiger partial charge in [0.15, 0.2) is 0 Å². The van der Waals surface area contributed by atoms with Crippen LogP contribution in [-0.4, -0.2) is 34.8 Å². The maximum atomic E-state index is 5.56. The number of hydrogen-bond acceptors (Lipinski definition) is 4. The lowest BCUT2D eigenvalue weighted by Gasteiger charge is -2.13. The van der Waals surface area contributed by atoms with Crippen LogP contribution in [0.4, 0.5) is 0 Å². The van der Waals surface area contributed by atoms with Crippen LogP contribution in [0.25, 0.3) is 0 Å². The first-order chi connectivity index (χ1) is 7.77. The van der Waals surface area contributed by atoms with Crippen LogP contribution in [0.15, 0.2) is 0 Å². The number of rotatable bonds is 5. The lowest BCUT2D eigenvalue weighted by Crippen LogP contribution is -2.25. The van der Waals surface area contributed by atoms with E-state index in [1.807, 2.05) is 4.68 Å². The summed E-state index contributed by atoms with van der Waals surface area (Å²) in [7, 11) is 0. The van der Waals surface area contributed by atoms with Crippen molar-refractivity contribution < 1.29 is 4.74 Å². The summed E-state index contributed by atoms with van der Waals surface area (Å²) in [4.78, 5) is 0. The molecule has 0 saturated heterocycles. The van der Waals surface area contributed by atoms with E-state index in [0.717, 1.165) is 45.0 Å². The van der Waals surface area contributed by atoms with Gasteiger partial charge >= 0.3 is 0 Å². The van der Waals surface area contributed by atoms with E-state index >= 15 is 0 Å². The van der Waals surface area contributed by atoms with Gasteiger partial charge in [0.1, 0.15) is 0 Å². The molecule has 0 atom stereocenters. The minimum absolute atomic E-state index is 0.592. The number of aromatic nitrogens is 3. The van der Waals surface area contributed by atoms with Gasteiger partial charge in [0, 0.05) is 26.1 Å². The zero-order chi connectivity index (χ0) is 11.4. The van der Waals surface area contributed by atoms with E-state index < -0.39 is 0 Å². The summed E-state index contributed by atoms with van der Waals surface area (Å²) >= 11 is 0. The summed E-state index contributed by atoms with van der Waals surface area (Å²) in [5, 5.41) is 11.6. The number of hydrogen-bond donors (Lipinski definition) is 1. The summed E-state index contributed by atoms with van der Waals surface area (Å²) in [6.07, 6.45) is 1.02. The molecule has 1 aromatic heterocycles. The predicted molar refractivity (Wildman–Crippen MR) is 61.1 cm³/mol. The largest absolute Gasteiger partial charge is 0.379 e. The molecule has 0 spiro atoms. The Kier molecular flexibility index (Phi) is 3.90. The Balaban J connectivity index is 1.83. The molecule has 0 radical (unpaired) electrons. The summed E-state index contributed by atoms with van der Waals surface area (Å²) in [6, 6.07) is 0. The second kappa shape index (κ2) is 5.41. The molecule has 0 aromatic carbocycles. The van der Waals surface area contributed by atoms with Gasteiger partial charge in [-0.05, 0) is 5.92 Å². The molecular formula is C11H20N4O. The van der Waals surface area contributed by atoms with Gasteiger partial charge in [0.2, 0.25) is 0 Å². The van der Waals surface area contributed by atoms with E-state index in [2.05, 4.69) is 29.5 Å². The van der Waals surface area contributed by atoms with Crippen molar-refractivity contribution in [1.29, 1.82) is 0 Å². The zero-order valence-corrected chi connectivity index (χ0v) is 10.1. The first-order valence-corrected chi connectivity index (χ1v) is 5.97. The van der Waals surface area contributed by atoms with Crippen LogP contribution in [0.3, 0.4) is 0 Å². The second-order valence-electron chi connectivity index (χ2n) is 4.60. The molecule has 5 heteroatoms. The Morgan fingerprint density at radius 2 is 2.38 bits per heavy atom. The maximum Gasteiger partial charge on any atom is 0.0997 e. The summed E-state index contributed by atoms with van der Waals surface area (Å²) in [6.45, 7) is 8.54. The summed E-state index contributed by atoms with van der Waals surface area (Å²) < 4.78 is 7.54. The molecule has 0 fully saturated rings. The van der Waals surface area contributed by atoms with Gasteiger partial charge in [-0.15, -0.1) is 5.10 Å². The van der Waals surface area contributed by atoms with E-state index in [-0.39, 0.29) is 0 Å². The van der Waals surface area contributed by atoms with Crippen LogP contribution < -0.4 is 5.32 Å². The average molecular weight is 224 g/mol. The quantitative estimate of drug-likeness (QED) is 0.744. The van der Waals surface area contributed by atoms with Crippen molar-refractivity contribution >= 4 is 0 Å². The first-order valence-electron chi connectivity index (χ1n) is 5.97. The third kappa shape index (κ3) is 2.80. The molecule has 1 aromatic rings. The molecule has 16 heavy (non-hydrogen) atoms. The second-order valence-corrected chi connectivity index (χ2v) is 4.60. The van der Waals surface area contributed by atoms with Gasteiger partial charge in [-0.3, -0.25) is 0 Å². The Labute approximate surface area is 96.2 Å². The Hall–Kier alpha value is -0.940. The topological polar surface area (TPSA) is 52.0 Å². The Morgan fingerprint density at radius 1 is 1.50 bits per heavy atom. The highest BCUT2D eigenvalue weighted by atomic mass is 16.5. The predicted octanol–water partition coefficient (Wildman–Crippen LogP) is 0.596. The van der Waals surface area contributed by atoms with Gasteiger partial charge in [0.25, 0.3) is 0 Å². The van der Waals surface area contributed by atoms with Gasteiger partial charge in [-0.25, -0.2) is 4.68 Å². The molecule has 1 aliphatic rings. The SMILES string of the molecule is CC(C)COCCn1nnc2c1CCNC2. The standard InChI is InChI=1S/C11H20N4O/c1-9(2)8-16-6-5-15-11-3-4-12-7-10(11)13-14-15/h9,12H,3-8H2,1-2H3. The monoisotopic (exact) mass is 224 g/mol. The van der Waals surface area contributed by atoms with Crippen LogP contribution in [0.5, 0.6) is 0 Å². The molecule has 5 nitrogen and oxygen atoms in total. The molecule has 2 rings (SSSR count). The molecule has 0 unspecified atom stereocenters. The van der Waals surface area contributed by atoms with Gasteiger partial charge < -0.3 is 10.1 Å². The van der Waals surface area contributed by atoms with Gasteiger partial charge in [-0.2, -0.15) is 0 Å². The van der Waals surface area contributed by atoms with Crippen LogP contribution in [0, 0.1) is 5.92 Å². The molecule has 0 aliphatic carbocycles. The summed E-state index contributed by atoms with van der Waals surface area (Å²) in [5.74, 6) is 0.592. The average Bonchev–Trinajstić information content (AvgIpc) is 2.68. The Morgan fingerprint density at radius 3 is 3.19 bits per heavy atom. The molecule has 0 amide bonds. The van der Waals surface area contributed by atoms with Gasteiger partial charge in [-0.1, -0.05) is 19.1 Å². The number of nitrogens with one attached hydrogen (secondary N) is 1. The highest BCUT2D eigenvalue weighted by molar-refractivity contribution is 5.13. The highest BCUT2D eigenvalue weighted by Crippen LogP contribution is 2.09. The third-order valence-corrected chi connectivity index (χ3v) is 2.65. The van der Waals surface area contributed by atoms with E-state index in [9.17, 15) is 0 Å². The number of ether oxygens (including phenoxy) is 1. The van der Waals surface area contributed by atoms with Crippen molar-refractivity contribution in [1.82, 2.24) is 20.3 Å². The van der Waals surface area contributed by atoms with Crippen molar-refractivity contribution in [2.24, 2.45) is 5.92 Å². The van der Waals surface area contributed by atoms with E-state index in [1.165, 1.54) is 5.69 Å². The maximum absolute atomic E-state index is 5.56. The fraction of sp³-hybridized carbons (Fsp3) is 0.818. The molecule has 1 N–H and O–H groups in total. The van der Waals surface area contributed by atoms with Gasteiger partial charge in [0.05, 0.1) is 24.5 Å². The van der Waals surface area contributed by atoms with Crippen molar-refractivity contribution in [3.8, 4) is 0 Å². The molecule has 0 bridgehead atoms. The molecule has 0 saturated carbocycles. The normalized spacial score (nSPS) is 15.4. The van der Waals surface area contributed by atoms with Crippen molar-refractivity contribution in [3.63, 3.8) is 0 Å².